The predicted molar refractivity (Wildman–Crippen MR) is 74.0 cm³/mol. The number of aromatic nitrogens is 2. The lowest BCUT2D eigenvalue weighted by Gasteiger charge is -2.34. The molecule has 1 aliphatic carbocycles. The van der Waals surface area contributed by atoms with Crippen LogP contribution in [0, 0.1) is 5.92 Å². The van der Waals surface area contributed by atoms with E-state index in [1.165, 1.54) is 0 Å². The third kappa shape index (κ3) is 3.90. The molecular formula is C15H24N2O2. The van der Waals surface area contributed by atoms with Gasteiger partial charge in [0.05, 0.1) is 12.5 Å². The monoisotopic (exact) mass is 264 g/mol. The molecule has 0 radical (unpaired) electrons. The number of nitrogens with zero attached hydrogens (tertiary/aromatic N) is 2. The molecule has 0 aliphatic heterocycles. The van der Waals surface area contributed by atoms with Gasteiger partial charge in [0, 0.05) is 32.0 Å². The van der Waals surface area contributed by atoms with Crippen LogP contribution in [-0.4, -0.2) is 28.0 Å². The zero-order valence-electron chi connectivity index (χ0n) is 12.0. The van der Waals surface area contributed by atoms with Gasteiger partial charge in [-0.15, -0.1) is 0 Å². The van der Waals surface area contributed by atoms with Crippen molar-refractivity contribution in [3.05, 3.63) is 18.2 Å². The van der Waals surface area contributed by atoms with E-state index in [2.05, 4.69) is 16.5 Å². The van der Waals surface area contributed by atoms with Crippen molar-refractivity contribution < 1.29 is 9.53 Å². The molecule has 2 rings (SSSR count). The van der Waals surface area contributed by atoms with E-state index < -0.39 is 0 Å². The van der Waals surface area contributed by atoms with Gasteiger partial charge >= 0.3 is 0 Å². The van der Waals surface area contributed by atoms with Crippen molar-refractivity contribution in [2.75, 3.05) is 6.61 Å². The third-order valence-electron chi connectivity index (χ3n) is 3.73. The van der Waals surface area contributed by atoms with Gasteiger partial charge in [0.15, 0.2) is 0 Å². The first kappa shape index (κ1) is 14.3. The first-order chi connectivity index (χ1) is 9.22. The summed E-state index contributed by atoms with van der Waals surface area (Å²) in [7, 11) is 0. The Morgan fingerprint density at radius 1 is 1.47 bits per heavy atom. The molecule has 0 unspecified atom stereocenters. The number of ketones is 1. The summed E-state index contributed by atoms with van der Waals surface area (Å²) in [5, 5.41) is 0. The lowest BCUT2D eigenvalue weighted by atomic mass is 9.78. The molecule has 4 heteroatoms. The van der Waals surface area contributed by atoms with Crippen LogP contribution in [0.2, 0.25) is 0 Å². The van der Waals surface area contributed by atoms with Gasteiger partial charge in [-0.3, -0.25) is 4.79 Å². The second-order valence-electron chi connectivity index (χ2n) is 5.37. The highest BCUT2D eigenvalue weighted by molar-refractivity contribution is 5.80. The second-order valence-corrected chi connectivity index (χ2v) is 5.37. The van der Waals surface area contributed by atoms with E-state index in [0.29, 0.717) is 30.6 Å². The topological polar surface area (TPSA) is 44.1 Å². The van der Waals surface area contributed by atoms with Crippen LogP contribution in [0.4, 0.5) is 0 Å². The predicted octanol–water partition coefficient (Wildman–Crippen LogP) is 2.61. The van der Waals surface area contributed by atoms with E-state index in [0.717, 1.165) is 38.2 Å². The lowest BCUT2D eigenvalue weighted by Crippen LogP contribution is -2.33. The Bertz CT molecular complexity index is 408. The van der Waals surface area contributed by atoms with E-state index in [1.807, 2.05) is 13.1 Å². The standard InChI is InChI=1S/C15H24N2O2/c1-3-6-17-7-5-16-15(17)11-13(18)8-12-9-14(10-12)19-4-2/h5,7,12,14H,3-4,6,8-11H2,1-2H3. The van der Waals surface area contributed by atoms with Crippen LogP contribution < -0.4 is 0 Å². The highest BCUT2D eigenvalue weighted by atomic mass is 16.5. The minimum atomic E-state index is 0.309. The summed E-state index contributed by atoms with van der Waals surface area (Å²) >= 11 is 0. The molecular weight excluding hydrogens is 240 g/mol. The van der Waals surface area contributed by atoms with Crippen molar-refractivity contribution in [2.24, 2.45) is 5.92 Å². The summed E-state index contributed by atoms with van der Waals surface area (Å²) in [6.45, 7) is 5.87. The van der Waals surface area contributed by atoms with Crippen LogP contribution in [0.15, 0.2) is 12.4 Å². The summed E-state index contributed by atoms with van der Waals surface area (Å²) in [5.41, 5.74) is 0. The Balaban J connectivity index is 1.74. The maximum atomic E-state index is 12.0. The molecule has 1 heterocycles. The number of aryl methyl sites for hydroxylation is 1. The zero-order valence-corrected chi connectivity index (χ0v) is 12.0. The SMILES string of the molecule is CCCn1ccnc1CC(=O)CC1CC(OCC)C1. The summed E-state index contributed by atoms with van der Waals surface area (Å²) in [4.78, 5) is 16.3. The first-order valence-electron chi connectivity index (χ1n) is 7.36. The Labute approximate surface area is 115 Å². The Morgan fingerprint density at radius 3 is 2.95 bits per heavy atom. The van der Waals surface area contributed by atoms with Crippen LogP contribution in [0.25, 0.3) is 0 Å². The van der Waals surface area contributed by atoms with Gasteiger partial charge in [-0.05, 0) is 32.1 Å². The van der Waals surface area contributed by atoms with Gasteiger partial charge in [-0.1, -0.05) is 6.92 Å². The molecule has 106 valence electrons. The Morgan fingerprint density at radius 2 is 2.26 bits per heavy atom. The van der Waals surface area contributed by atoms with E-state index in [1.54, 1.807) is 6.20 Å². The van der Waals surface area contributed by atoms with E-state index in [-0.39, 0.29) is 0 Å². The molecule has 1 aromatic rings. The fourth-order valence-electron chi connectivity index (χ4n) is 2.74. The molecule has 0 spiro atoms. The number of hydrogen-bond donors (Lipinski definition) is 0. The molecule has 0 saturated heterocycles. The van der Waals surface area contributed by atoms with Crippen molar-refractivity contribution in [3.63, 3.8) is 0 Å². The maximum absolute atomic E-state index is 12.0. The summed E-state index contributed by atoms with van der Waals surface area (Å²) in [6, 6.07) is 0. The number of imidazole rings is 1. The smallest absolute Gasteiger partial charge is 0.140 e. The van der Waals surface area contributed by atoms with Gasteiger partial charge in [0.25, 0.3) is 0 Å². The number of carbonyl (C=O) groups excluding carboxylic acids is 1. The summed E-state index contributed by atoms with van der Waals surface area (Å²) < 4.78 is 7.60. The summed E-state index contributed by atoms with van der Waals surface area (Å²) in [6.07, 6.45) is 8.45. The zero-order chi connectivity index (χ0) is 13.7. The molecule has 0 amide bonds. The molecule has 0 aromatic carbocycles. The highest BCUT2D eigenvalue weighted by Crippen LogP contribution is 2.33. The largest absolute Gasteiger partial charge is 0.378 e. The van der Waals surface area contributed by atoms with Crippen LogP contribution >= 0.6 is 0 Å². The number of carbonyl (C=O) groups is 1. The lowest BCUT2D eigenvalue weighted by molar-refractivity contribution is -0.121. The minimum Gasteiger partial charge on any atom is -0.378 e. The molecule has 0 atom stereocenters. The van der Waals surface area contributed by atoms with Crippen LogP contribution in [-0.2, 0) is 22.5 Å². The van der Waals surface area contributed by atoms with E-state index >= 15 is 0 Å². The van der Waals surface area contributed by atoms with E-state index in [4.69, 9.17) is 4.74 Å². The Hall–Kier alpha value is -1.16. The van der Waals surface area contributed by atoms with Gasteiger partial charge < -0.3 is 9.30 Å². The van der Waals surface area contributed by atoms with Crippen molar-refractivity contribution in [1.82, 2.24) is 9.55 Å². The molecule has 1 aromatic heterocycles. The molecule has 1 aliphatic rings. The van der Waals surface area contributed by atoms with Gasteiger partial charge in [-0.2, -0.15) is 0 Å². The highest BCUT2D eigenvalue weighted by Gasteiger charge is 2.31. The fourth-order valence-corrected chi connectivity index (χ4v) is 2.74. The third-order valence-corrected chi connectivity index (χ3v) is 3.73. The second kappa shape index (κ2) is 6.85. The number of Topliss-reactive ketones (excluding diaryl/α,β-unsaturated/α-hetero) is 1. The molecule has 1 fully saturated rings. The summed E-state index contributed by atoms with van der Waals surface area (Å²) in [5.74, 6) is 1.75. The first-order valence-corrected chi connectivity index (χ1v) is 7.36. The van der Waals surface area contributed by atoms with Crippen LogP contribution in [0.3, 0.4) is 0 Å². The van der Waals surface area contributed by atoms with Crippen molar-refractivity contribution >= 4 is 5.78 Å². The molecule has 4 nitrogen and oxygen atoms in total. The molecule has 0 N–H and O–H groups in total. The minimum absolute atomic E-state index is 0.309. The molecule has 0 bridgehead atoms. The average Bonchev–Trinajstić information content (AvgIpc) is 2.74. The van der Waals surface area contributed by atoms with Gasteiger partial charge in [0.2, 0.25) is 0 Å². The number of ether oxygens (including phenoxy) is 1. The average molecular weight is 264 g/mol. The normalized spacial score (nSPS) is 22.2. The maximum Gasteiger partial charge on any atom is 0.140 e. The van der Waals surface area contributed by atoms with E-state index in [9.17, 15) is 4.79 Å². The van der Waals surface area contributed by atoms with Crippen LogP contribution in [0.5, 0.6) is 0 Å². The van der Waals surface area contributed by atoms with Crippen molar-refractivity contribution in [1.29, 1.82) is 0 Å². The van der Waals surface area contributed by atoms with Crippen LogP contribution in [0.1, 0.15) is 45.4 Å². The number of hydrogen-bond acceptors (Lipinski definition) is 3. The molecule has 19 heavy (non-hydrogen) atoms. The van der Waals surface area contributed by atoms with Crippen molar-refractivity contribution in [3.8, 4) is 0 Å². The molecule has 1 saturated carbocycles. The van der Waals surface area contributed by atoms with Crippen molar-refractivity contribution in [2.45, 2.75) is 58.6 Å². The quantitative estimate of drug-likeness (QED) is 0.725. The van der Waals surface area contributed by atoms with Gasteiger partial charge in [-0.25, -0.2) is 4.98 Å². The fraction of sp³-hybridized carbons (Fsp3) is 0.733. The number of rotatable bonds is 8. The van der Waals surface area contributed by atoms with Gasteiger partial charge in [0.1, 0.15) is 11.6 Å². The Kier molecular flexibility index (Phi) is 5.14.